The molecule has 0 radical (unpaired) electrons. The first-order valence-corrected chi connectivity index (χ1v) is 7.20. The van der Waals surface area contributed by atoms with Gasteiger partial charge < -0.3 is 9.88 Å². The summed E-state index contributed by atoms with van der Waals surface area (Å²) in [6.45, 7) is 2.10. The molecule has 20 heavy (non-hydrogen) atoms. The fraction of sp³-hybridized carbons (Fsp3) is 0.214. The van der Waals surface area contributed by atoms with E-state index < -0.39 is 0 Å². The second-order valence-electron chi connectivity index (χ2n) is 4.72. The predicted octanol–water partition coefficient (Wildman–Crippen LogP) is 1.90. The highest BCUT2D eigenvalue weighted by atomic mass is 32.1. The standard InChI is InChI=1S/C14H17N5S/c1-9-5-6-13(20-9)11-8-10(16-14(17-11)18-15)12-4-3-7-19(12)2/h3-8,11H,15H2,1-2H3,(H2,16,17,18). The number of nitrogens with two attached hydrogens (primary N) is 1. The van der Waals surface area contributed by atoms with Crippen molar-refractivity contribution >= 4 is 23.0 Å². The third-order valence-electron chi connectivity index (χ3n) is 3.25. The number of rotatable bonds is 2. The van der Waals surface area contributed by atoms with Gasteiger partial charge in [0.25, 0.3) is 0 Å². The fourth-order valence-corrected chi connectivity index (χ4v) is 3.14. The Kier molecular flexibility index (Phi) is 3.33. The molecule has 0 amide bonds. The zero-order valence-electron chi connectivity index (χ0n) is 11.4. The van der Waals surface area contributed by atoms with Crippen molar-refractivity contribution in [2.75, 3.05) is 0 Å². The van der Waals surface area contributed by atoms with Gasteiger partial charge in [0.2, 0.25) is 5.96 Å². The van der Waals surface area contributed by atoms with Crippen LogP contribution in [-0.4, -0.2) is 10.5 Å². The molecule has 0 aliphatic carbocycles. The second kappa shape index (κ2) is 5.15. The Morgan fingerprint density at radius 2 is 2.25 bits per heavy atom. The van der Waals surface area contributed by atoms with E-state index in [1.165, 1.54) is 9.75 Å². The van der Waals surface area contributed by atoms with Crippen LogP contribution in [0.15, 0.2) is 41.5 Å². The molecule has 0 spiro atoms. The van der Waals surface area contributed by atoms with E-state index in [0.717, 1.165) is 11.4 Å². The highest BCUT2D eigenvalue weighted by Crippen LogP contribution is 2.30. The molecular formula is C14H17N5S. The molecule has 0 bridgehead atoms. The number of nitrogens with zero attached hydrogens (tertiary/aromatic N) is 2. The quantitative estimate of drug-likeness (QED) is 0.584. The molecule has 2 aromatic rings. The van der Waals surface area contributed by atoms with Gasteiger partial charge in [0.05, 0.1) is 11.4 Å². The van der Waals surface area contributed by atoms with Crippen LogP contribution in [0.4, 0.5) is 0 Å². The summed E-state index contributed by atoms with van der Waals surface area (Å²) in [5.41, 5.74) is 4.73. The van der Waals surface area contributed by atoms with Crippen LogP contribution in [0.25, 0.3) is 5.70 Å². The van der Waals surface area contributed by atoms with E-state index in [1.54, 1.807) is 11.3 Å². The van der Waals surface area contributed by atoms with Crippen molar-refractivity contribution in [1.82, 2.24) is 15.3 Å². The second-order valence-corrected chi connectivity index (χ2v) is 6.04. The van der Waals surface area contributed by atoms with E-state index in [4.69, 9.17) is 5.84 Å². The van der Waals surface area contributed by atoms with Crippen LogP contribution in [0.2, 0.25) is 0 Å². The number of hydrogen-bond donors (Lipinski definition) is 3. The molecule has 3 heterocycles. The van der Waals surface area contributed by atoms with Crippen molar-refractivity contribution in [1.29, 1.82) is 0 Å². The summed E-state index contributed by atoms with van der Waals surface area (Å²) in [5, 5.41) is 3.21. The highest BCUT2D eigenvalue weighted by molar-refractivity contribution is 7.12. The Morgan fingerprint density at radius 3 is 2.85 bits per heavy atom. The maximum Gasteiger partial charge on any atom is 0.211 e. The monoisotopic (exact) mass is 287 g/mol. The van der Waals surface area contributed by atoms with Gasteiger partial charge in [-0.3, -0.25) is 5.43 Å². The Morgan fingerprint density at radius 1 is 1.40 bits per heavy atom. The zero-order valence-corrected chi connectivity index (χ0v) is 12.2. The smallest absolute Gasteiger partial charge is 0.211 e. The van der Waals surface area contributed by atoms with Crippen molar-refractivity contribution in [3.8, 4) is 0 Å². The lowest BCUT2D eigenvalue weighted by atomic mass is 10.1. The van der Waals surface area contributed by atoms with Gasteiger partial charge in [-0.15, -0.1) is 11.3 Å². The lowest BCUT2D eigenvalue weighted by molar-refractivity contribution is 0.831. The van der Waals surface area contributed by atoms with Gasteiger partial charge in [0.1, 0.15) is 6.04 Å². The number of guanidine groups is 1. The molecule has 0 fully saturated rings. The summed E-state index contributed by atoms with van der Waals surface area (Å²) >= 11 is 1.76. The number of aryl methyl sites for hydroxylation is 2. The van der Waals surface area contributed by atoms with Crippen LogP contribution in [0.3, 0.4) is 0 Å². The first-order valence-electron chi connectivity index (χ1n) is 6.38. The molecule has 0 saturated heterocycles. The molecule has 1 aliphatic heterocycles. The minimum absolute atomic E-state index is 0.00843. The summed E-state index contributed by atoms with van der Waals surface area (Å²) in [4.78, 5) is 7.06. The van der Waals surface area contributed by atoms with Crippen LogP contribution >= 0.6 is 11.3 Å². The minimum Gasteiger partial charge on any atom is -0.349 e. The normalized spacial score (nSPS) is 18.2. The lowest BCUT2D eigenvalue weighted by Gasteiger charge is -2.21. The third-order valence-corrected chi connectivity index (χ3v) is 4.33. The van der Waals surface area contributed by atoms with E-state index in [0.29, 0.717) is 5.96 Å². The molecule has 5 nitrogen and oxygen atoms in total. The summed E-state index contributed by atoms with van der Waals surface area (Å²) in [7, 11) is 2.02. The van der Waals surface area contributed by atoms with Gasteiger partial charge >= 0.3 is 0 Å². The Labute approximate surface area is 121 Å². The largest absolute Gasteiger partial charge is 0.349 e. The molecule has 2 aromatic heterocycles. The van der Waals surface area contributed by atoms with Gasteiger partial charge in [-0.2, -0.15) is 0 Å². The maximum absolute atomic E-state index is 5.53. The molecule has 0 saturated carbocycles. The fourth-order valence-electron chi connectivity index (χ4n) is 2.26. The summed E-state index contributed by atoms with van der Waals surface area (Å²) in [6.07, 6.45) is 4.14. The number of thiophene rings is 1. The first kappa shape index (κ1) is 13.0. The van der Waals surface area contributed by atoms with Crippen LogP contribution in [-0.2, 0) is 7.05 Å². The number of hydrogen-bond acceptors (Lipinski definition) is 5. The van der Waals surface area contributed by atoms with Crippen molar-refractivity contribution < 1.29 is 0 Å². The molecular weight excluding hydrogens is 270 g/mol. The summed E-state index contributed by atoms with van der Waals surface area (Å²) in [5.74, 6) is 6.11. The maximum atomic E-state index is 5.53. The Balaban J connectivity index is 2.00. The molecule has 104 valence electrons. The average Bonchev–Trinajstić information content (AvgIpc) is 3.07. The van der Waals surface area contributed by atoms with Gasteiger partial charge in [-0.25, -0.2) is 10.8 Å². The van der Waals surface area contributed by atoms with Crippen molar-refractivity contribution in [2.45, 2.75) is 13.0 Å². The van der Waals surface area contributed by atoms with Crippen molar-refractivity contribution in [3.05, 3.63) is 52.0 Å². The lowest BCUT2D eigenvalue weighted by Crippen LogP contribution is -2.42. The summed E-state index contributed by atoms with van der Waals surface area (Å²) < 4.78 is 2.06. The van der Waals surface area contributed by atoms with Crippen LogP contribution < -0.4 is 16.6 Å². The predicted molar refractivity (Wildman–Crippen MR) is 83.1 cm³/mol. The minimum atomic E-state index is -0.00843. The van der Waals surface area contributed by atoms with Gasteiger partial charge in [0.15, 0.2) is 0 Å². The summed E-state index contributed by atoms with van der Waals surface area (Å²) in [6, 6.07) is 8.31. The molecule has 0 aromatic carbocycles. The van der Waals surface area contributed by atoms with Crippen LogP contribution in [0.5, 0.6) is 0 Å². The van der Waals surface area contributed by atoms with Gasteiger partial charge in [-0.1, -0.05) is 0 Å². The molecule has 4 N–H and O–H groups in total. The van der Waals surface area contributed by atoms with E-state index in [-0.39, 0.29) is 6.04 Å². The molecule has 1 aliphatic rings. The van der Waals surface area contributed by atoms with Gasteiger partial charge in [0, 0.05) is 23.0 Å². The van der Waals surface area contributed by atoms with Crippen molar-refractivity contribution in [3.63, 3.8) is 0 Å². The van der Waals surface area contributed by atoms with Gasteiger partial charge in [-0.05, 0) is 37.3 Å². The van der Waals surface area contributed by atoms with Crippen molar-refractivity contribution in [2.24, 2.45) is 17.9 Å². The zero-order chi connectivity index (χ0) is 14.1. The first-order chi connectivity index (χ1) is 9.67. The van der Waals surface area contributed by atoms with Crippen LogP contribution in [0, 0.1) is 6.92 Å². The average molecular weight is 287 g/mol. The number of hydrazine groups is 1. The van der Waals surface area contributed by atoms with E-state index >= 15 is 0 Å². The number of aliphatic imine (C=N–C) groups is 1. The molecule has 1 atom stereocenters. The SMILES string of the molecule is Cc1ccc(C2C=C(c3cccn3C)NC(NN)=N2)s1. The number of aromatic nitrogens is 1. The van der Waals surface area contributed by atoms with E-state index in [2.05, 4.69) is 51.5 Å². The number of nitrogens with one attached hydrogen (secondary N) is 2. The van der Waals surface area contributed by atoms with E-state index in [9.17, 15) is 0 Å². The highest BCUT2D eigenvalue weighted by Gasteiger charge is 2.19. The molecule has 3 rings (SSSR count). The Bertz CT molecular complexity index is 679. The Hall–Kier alpha value is -2.05. The van der Waals surface area contributed by atoms with E-state index in [1.807, 2.05) is 19.3 Å². The molecule has 6 heteroatoms. The third kappa shape index (κ3) is 2.35. The topological polar surface area (TPSA) is 67.4 Å². The van der Waals surface area contributed by atoms with Crippen LogP contribution in [0.1, 0.15) is 21.5 Å². The molecule has 1 unspecified atom stereocenters.